The molecule has 4 heterocycles. The number of hydrogen-bond acceptors (Lipinski definition) is 11. The molecule has 3 N–H and O–H groups in total. The number of carbonyl (C=O) groups is 2. The van der Waals surface area contributed by atoms with Crippen LogP contribution in [0.15, 0.2) is 36.7 Å². The Labute approximate surface area is 239 Å². The first-order valence-electron chi connectivity index (χ1n) is 14.0. The molecule has 1 aromatic carbocycles. The van der Waals surface area contributed by atoms with Crippen molar-refractivity contribution in [2.75, 3.05) is 79.8 Å². The molecular weight excluding hydrogens is 526 g/mol. The van der Waals surface area contributed by atoms with Crippen molar-refractivity contribution in [3.63, 3.8) is 0 Å². The molecule has 2 fully saturated rings. The van der Waals surface area contributed by atoms with E-state index in [9.17, 15) is 9.59 Å². The number of anilines is 5. The van der Waals surface area contributed by atoms with Crippen LogP contribution in [0.25, 0.3) is 5.82 Å². The predicted octanol–water partition coefficient (Wildman–Crippen LogP) is 2.11. The highest BCUT2D eigenvalue weighted by Gasteiger charge is 2.23. The SMILES string of the molecule is CCCOC(=O)N1CCN(c2ccc(Nc3nc(N)n(-c4cc(N5CCCN(C(C)=O)CC5)ncn4)n3)cc2)CC1. The molecule has 14 nitrogen and oxygen atoms in total. The molecule has 41 heavy (non-hydrogen) atoms. The molecular formula is C27H37N11O3. The van der Waals surface area contributed by atoms with E-state index in [0.29, 0.717) is 44.6 Å². The molecule has 0 spiro atoms. The minimum atomic E-state index is -0.238. The molecule has 2 aliphatic heterocycles. The van der Waals surface area contributed by atoms with Crippen LogP contribution in [0.1, 0.15) is 26.7 Å². The minimum Gasteiger partial charge on any atom is -0.449 e. The second-order valence-corrected chi connectivity index (χ2v) is 10.0. The molecule has 0 aliphatic carbocycles. The zero-order chi connectivity index (χ0) is 28.8. The van der Waals surface area contributed by atoms with Crippen LogP contribution >= 0.6 is 0 Å². The van der Waals surface area contributed by atoms with Crippen LogP contribution in [0.5, 0.6) is 0 Å². The van der Waals surface area contributed by atoms with Crippen LogP contribution in [-0.2, 0) is 9.53 Å². The molecule has 0 saturated carbocycles. The summed E-state index contributed by atoms with van der Waals surface area (Å²) in [6, 6.07) is 9.80. The van der Waals surface area contributed by atoms with Gasteiger partial charge in [0.05, 0.1) is 6.61 Å². The third-order valence-electron chi connectivity index (χ3n) is 7.21. The monoisotopic (exact) mass is 563 g/mol. The molecule has 3 aromatic rings. The van der Waals surface area contributed by atoms with Crippen molar-refractivity contribution < 1.29 is 14.3 Å². The van der Waals surface area contributed by atoms with Gasteiger partial charge in [-0.3, -0.25) is 4.79 Å². The molecule has 14 heteroatoms. The number of piperazine rings is 1. The summed E-state index contributed by atoms with van der Waals surface area (Å²) in [5.74, 6) is 1.89. The zero-order valence-electron chi connectivity index (χ0n) is 23.6. The molecule has 2 aliphatic rings. The number of rotatable bonds is 7. The number of nitrogens with zero attached hydrogens (tertiary/aromatic N) is 9. The van der Waals surface area contributed by atoms with Gasteiger partial charge in [-0.15, -0.1) is 5.10 Å². The maximum absolute atomic E-state index is 12.1. The van der Waals surface area contributed by atoms with Gasteiger partial charge in [-0.05, 0) is 37.1 Å². The minimum absolute atomic E-state index is 0.0875. The summed E-state index contributed by atoms with van der Waals surface area (Å²) >= 11 is 0. The normalized spacial score (nSPS) is 16.0. The average molecular weight is 564 g/mol. The number of carbonyl (C=O) groups excluding carboxylic acids is 2. The molecule has 0 bridgehead atoms. The van der Waals surface area contributed by atoms with Crippen LogP contribution in [0, 0.1) is 0 Å². The van der Waals surface area contributed by atoms with Gasteiger partial charge in [-0.25, -0.2) is 14.8 Å². The first-order valence-corrected chi connectivity index (χ1v) is 14.0. The standard InChI is InChI=1S/C27H37N11O3/c1-3-17-41-27(40)37-15-12-35(13-16-37)22-7-5-21(6-8-22)31-26-32-25(28)38(33-26)24-18-23(29-19-30-24)36-10-4-9-34(11-14-36)20(2)39/h5-8,18-19H,3-4,9-17H2,1-2H3,(H3,28,31,32,33). The zero-order valence-corrected chi connectivity index (χ0v) is 23.6. The number of nitrogens with two attached hydrogens (primary N) is 1. The summed E-state index contributed by atoms with van der Waals surface area (Å²) in [4.78, 5) is 45.0. The number of ether oxygens (including phenoxy) is 1. The van der Waals surface area contributed by atoms with Gasteiger partial charge in [0.2, 0.25) is 17.8 Å². The van der Waals surface area contributed by atoms with Crippen molar-refractivity contribution in [3.8, 4) is 5.82 Å². The largest absolute Gasteiger partial charge is 0.449 e. The van der Waals surface area contributed by atoms with E-state index in [-0.39, 0.29) is 17.9 Å². The Balaban J connectivity index is 1.20. The van der Waals surface area contributed by atoms with Crippen molar-refractivity contribution in [2.24, 2.45) is 0 Å². The first-order chi connectivity index (χ1) is 19.9. The Kier molecular flexibility index (Phi) is 8.65. The van der Waals surface area contributed by atoms with Gasteiger partial charge in [0.1, 0.15) is 12.1 Å². The second-order valence-electron chi connectivity index (χ2n) is 10.0. The summed E-state index contributed by atoms with van der Waals surface area (Å²) in [5.41, 5.74) is 8.09. The molecule has 0 radical (unpaired) electrons. The van der Waals surface area contributed by atoms with Crippen molar-refractivity contribution in [1.29, 1.82) is 0 Å². The molecule has 2 aromatic heterocycles. The number of aromatic nitrogens is 5. The van der Waals surface area contributed by atoms with Gasteiger partial charge >= 0.3 is 6.09 Å². The number of amides is 2. The lowest BCUT2D eigenvalue weighted by Crippen LogP contribution is -2.49. The molecule has 2 amide bonds. The van der Waals surface area contributed by atoms with E-state index in [2.05, 4.69) is 35.2 Å². The molecule has 5 rings (SSSR count). The van der Waals surface area contributed by atoms with E-state index in [4.69, 9.17) is 10.5 Å². The fraction of sp³-hybridized carbons (Fsp3) is 0.481. The Bertz CT molecular complexity index is 1340. The summed E-state index contributed by atoms with van der Waals surface area (Å²) in [7, 11) is 0. The fourth-order valence-electron chi connectivity index (χ4n) is 4.95. The lowest BCUT2D eigenvalue weighted by atomic mass is 10.2. The van der Waals surface area contributed by atoms with Gasteiger partial charge < -0.3 is 35.4 Å². The third kappa shape index (κ3) is 6.76. The van der Waals surface area contributed by atoms with Gasteiger partial charge in [0.15, 0.2) is 5.82 Å². The molecule has 0 unspecified atom stereocenters. The van der Waals surface area contributed by atoms with E-state index in [1.807, 2.05) is 42.2 Å². The Morgan fingerprint density at radius 1 is 0.927 bits per heavy atom. The lowest BCUT2D eigenvalue weighted by molar-refractivity contribution is -0.128. The van der Waals surface area contributed by atoms with Gasteiger partial charge in [-0.2, -0.15) is 9.67 Å². The van der Waals surface area contributed by atoms with Crippen LogP contribution in [-0.4, -0.2) is 105 Å². The molecule has 0 atom stereocenters. The van der Waals surface area contributed by atoms with E-state index in [0.717, 1.165) is 56.2 Å². The van der Waals surface area contributed by atoms with Crippen LogP contribution in [0.2, 0.25) is 0 Å². The van der Waals surface area contributed by atoms with Gasteiger partial charge in [-0.1, -0.05) is 6.92 Å². The molecule has 218 valence electrons. The van der Waals surface area contributed by atoms with Gasteiger partial charge in [0.25, 0.3) is 0 Å². The fourth-order valence-corrected chi connectivity index (χ4v) is 4.95. The lowest BCUT2D eigenvalue weighted by Gasteiger charge is -2.35. The van der Waals surface area contributed by atoms with Crippen LogP contribution in [0.4, 0.5) is 33.9 Å². The van der Waals surface area contributed by atoms with E-state index in [1.165, 1.54) is 11.0 Å². The van der Waals surface area contributed by atoms with Crippen LogP contribution < -0.4 is 20.9 Å². The predicted molar refractivity (Wildman–Crippen MR) is 156 cm³/mol. The average Bonchev–Trinajstić information content (AvgIpc) is 3.18. The summed E-state index contributed by atoms with van der Waals surface area (Å²) in [6.45, 7) is 9.63. The number of nitrogen functional groups attached to an aromatic ring is 1. The number of nitrogens with one attached hydrogen (secondary N) is 1. The highest BCUT2D eigenvalue weighted by atomic mass is 16.6. The number of benzene rings is 1. The summed E-state index contributed by atoms with van der Waals surface area (Å²) in [6.07, 6.45) is 2.93. The van der Waals surface area contributed by atoms with Crippen LogP contribution in [0.3, 0.4) is 0 Å². The van der Waals surface area contributed by atoms with E-state index < -0.39 is 0 Å². The maximum Gasteiger partial charge on any atom is 0.409 e. The summed E-state index contributed by atoms with van der Waals surface area (Å²) < 4.78 is 6.73. The highest BCUT2D eigenvalue weighted by molar-refractivity contribution is 5.73. The van der Waals surface area contributed by atoms with E-state index >= 15 is 0 Å². The quantitative estimate of drug-likeness (QED) is 0.435. The Morgan fingerprint density at radius 3 is 2.37 bits per heavy atom. The van der Waals surface area contributed by atoms with Crippen molar-refractivity contribution >= 4 is 41.1 Å². The van der Waals surface area contributed by atoms with E-state index in [1.54, 1.807) is 11.8 Å². The van der Waals surface area contributed by atoms with Crippen molar-refractivity contribution in [1.82, 2.24) is 34.5 Å². The Morgan fingerprint density at radius 2 is 1.63 bits per heavy atom. The van der Waals surface area contributed by atoms with Crippen molar-refractivity contribution in [3.05, 3.63) is 36.7 Å². The Hall–Kier alpha value is -4.62. The second kappa shape index (κ2) is 12.7. The smallest absolute Gasteiger partial charge is 0.409 e. The molecule has 2 saturated heterocycles. The topological polar surface area (TPSA) is 151 Å². The van der Waals surface area contributed by atoms with Gasteiger partial charge in [0, 0.05) is 76.7 Å². The highest BCUT2D eigenvalue weighted by Crippen LogP contribution is 2.23. The summed E-state index contributed by atoms with van der Waals surface area (Å²) in [5, 5.41) is 7.73. The third-order valence-corrected chi connectivity index (χ3v) is 7.21. The maximum atomic E-state index is 12.1. The van der Waals surface area contributed by atoms with Crippen molar-refractivity contribution in [2.45, 2.75) is 26.7 Å². The first kappa shape index (κ1) is 27.9. The number of hydrogen-bond donors (Lipinski definition) is 2.